The van der Waals surface area contributed by atoms with Crippen molar-refractivity contribution < 1.29 is 4.79 Å². The molecule has 1 saturated carbocycles. The van der Waals surface area contributed by atoms with Crippen LogP contribution in [0.15, 0.2) is 0 Å². The average molecular weight is 229 g/mol. The molecule has 1 aliphatic carbocycles. The first-order valence-corrected chi connectivity index (χ1v) is 7.19. The second-order valence-electron chi connectivity index (χ2n) is 4.10. The number of hydrogen-bond acceptors (Lipinski definition) is 3. The van der Waals surface area contributed by atoms with Crippen LogP contribution in [0.1, 0.15) is 39.5 Å². The minimum absolute atomic E-state index is 0.314. The van der Waals surface area contributed by atoms with E-state index in [0.717, 1.165) is 44.6 Å². The van der Waals surface area contributed by atoms with Crippen molar-refractivity contribution in [1.29, 1.82) is 0 Å². The number of ketones is 1. The summed E-state index contributed by atoms with van der Waals surface area (Å²) in [6, 6.07) is 0. The van der Waals surface area contributed by atoms with Gasteiger partial charge >= 0.3 is 0 Å². The molecular weight excluding hydrogens is 206 g/mol. The molecule has 0 bridgehead atoms. The molecule has 0 aromatic rings. The molecule has 1 fully saturated rings. The summed E-state index contributed by atoms with van der Waals surface area (Å²) in [7, 11) is 0. The predicted octanol–water partition coefficient (Wildman–Crippen LogP) is 2.57. The van der Waals surface area contributed by atoms with Crippen LogP contribution in [0.4, 0.5) is 0 Å². The van der Waals surface area contributed by atoms with Crippen LogP contribution in [0.25, 0.3) is 0 Å². The second-order valence-corrected chi connectivity index (χ2v) is 5.41. The number of carbonyl (C=O) groups excluding carboxylic acids is 1. The Kier molecular flexibility index (Phi) is 6.34. The summed E-state index contributed by atoms with van der Waals surface area (Å²) < 4.78 is 0. The van der Waals surface area contributed by atoms with Crippen molar-refractivity contribution in [1.82, 2.24) is 4.90 Å². The fourth-order valence-electron chi connectivity index (χ4n) is 1.99. The molecular formula is C12H23NOS. The molecule has 88 valence electrons. The van der Waals surface area contributed by atoms with Crippen LogP contribution in [0.3, 0.4) is 0 Å². The Morgan fingerprint density at radius 2 is 2.07 bits per heavy atom. The van der Waals surface area contributed by atoms with Crippen molar-refractivity contribution in [2.45, 2.75) is 44.8 Å². The molecule has 0 N–H and O–H groups in total. The van der Waals surface area contributed by atoms with Crippen molar-refractivity contribution in [3.05, 3.63) is 0 Å². The van der Waals surface area contributed by atoms with Crippen molar-refractivity contribution in [3.63, 3.8) is 0 Å². The van der Waals surface area contributed by atoms with E-state index in [2.05, 4.69) is 18.7 Å². The Bertz CT molecular complexity index is 192. The van der Waals surface area contributed by atoms with E-state index < -0.39 is 0 Å². The first kappa shape index (κ1) is 13.0. The summed E-state index contributed by atoms with van der Waals surface area (Å²) in [5.74, 6) is 1.60. The molecule has 0 spiro atoms. The van der Waals surface area contributed by atoms with Crippen LogP contribution < -0.4 is 0 Å². The third kappa shape index (κ3) is 4.56. The van der Waals surface area contributed by atoms with Gasteiger partial charge in [0, 0.05) is 18.7 Å². The van der Waals surface area contributed by atoms with Gasteiger partial charge in [0.25, 0.3) is 0 Å². The van der Waals surface area contributed by atoms with Gasteiger partial charge < -0.3 is 4.90 Å². The van der Waals surface area contributed by atoms with Gasteiger partial charge in [-0.1, -0.05) is 20.3 Å². The van der Waals surface area contributed by atoms with Crippen molar-refractivity contribution in [2.75, 3.05) is 25.4 Å². The van der Waals surface area contributed by atoms with Crippen molar-refractivity contribution >= 4 is 17.5 Å². The second kappa shape index (κ2) is 7.29. The number of Topliss-reactive ketones (excluding diaryl/α,β-unsaturated/α-hetero) is 1. The van der Waals surface area contributed by atoms with E-state index >= 15 is 0 Å². The zero-order valence-corrected chi connectivity index (χ0v) is 10.8. The largest absolute Gasteiger partial charge is 0.303 e. The van der Waals surface area contributed by atoms with Gasteiger partial charge in [-0.2, -0.15) is 0 Å². The predicted molar refractivity (Wildman–Crippen MR) is 67.5 cm³/mol. The zero-order chi connectivity index (χ0) is 11.1. The molecule has 0 saturated heterocycles. The van der Waals surface area contributed by atoms with Crippen LogP contribution in [0, 0.1) is 0 Å². The maximum atomic E-state index is 11.6. The van der Waals surface area contributed by atoms with Gasteiger partial charge in [-0.25, -0.2) is 0 Å². The average Bonchev–Trinajstić information content (AvgIpc) is 2.27. The maximum Gasteiger partial charge on any atom is 0.145 e. The summed E-state index contributed by atoms with van der Waals surface area (Å²) >= 11 is 1.87. The molecule has 0 radical (unpaired) electrons. The molecule has 0 aromatic carbocycles. The fourth-order valence-corrected chi connectivity index (χ4v) is 3.28. The van der Waals surface area contributed by atoms with Crippen LogP contribution >= 0.6 is 11.8 Å². The van der Waals surface area contributed by atoms with E-state index in [9.17, 15) is 4.79 Å². The lowest BCUT2D eigenvalue weighted by atomic mass is 9.99. The Balaban J connectivity index is 2.15. The van der Waals surface area contributed by atoms with Gasteiger partial charge in [-0.05, 0) is 25.9 Å². The number of nitrogens with zero attached hydrogens (tertiary/aromatic N) is 1. The Morgan fingerprint density at radius 1 is 1.33 bits per heavy atom. The summed E-state index contributed by atoms with van der Waals surface area (Å²) in [4.78, 5) is 14.0. The van der Waals surface area contributed by atoms with E-state index in [1.165, 1.54) is 6.42 Å². The molecule has 0 heterocycles. The zero-order valence-electron chi connectivity index (χ0n) is 10.00. The number of carbonyl (C=O) groups is 1. The summed E-state index contributed by atoms with van der Waals surface area (Å²) in [5, 5.41) is 0.314. The standard InChI is InChI=1S/C12H23NOS/c1-3-13(4-2)9-10-15-12-8-6-5-7-11(12)14/h12H,3-10H2,1-2H3. The highest BCUT2D eigenvalue weighted by molar-refractivity contribution is 8.00. The Morgan fingerprint density at radius 3 is 2.67 bits per heavy atom. The van der Waals surface area contributed by atoms with Crippen molar-refractivity contribution in [3.8, 4) is 0 Å². The van der Waals surface area contributed by atoms with E-state index in [4.69, 9.17) is 0 Å². The van der Waals surface area contributed by atoms with E-state index in [-0.39, 0.29) is 0 Å². The minimum atomic E-state index is 0.314. The van der Waals surface area contributed by atoms with Gasteiger partial charge in [0.2, 0.25) is 0 Å². The lowest BCUT2D eigenvalue weighted by molar-refractivity contribution is -0.119. The van der Waals surface area contributed by atoms with Crippen LogP contribution in [-0.4, -0.2) is 41.3 Å². The molecule has 2 nitrogen and oxygen atoms in total. The van der Waals surface area contributed by atoms with Gasteiger partial charge in [0.1, 0.15) is 5.78 Å². The summed E-state index contributed by atoms with van der Waals surface area (Å²) in [6.07, 6.45) is 4.30. The summed E-state index contributed by atoms with van der Waals surface area (Å²) in [5.41, 5.74) is 0. The topological polar surface area (TPSA) is 20.3 Å². The van der Waals surface area contributed by atoms with E-state index in [1.54, 1.807) is 0 Å². The van der Waals surface area contributed by atoms with Crippen LogP contribution in [-0.2, 0) is 4.79 Å². The minimum Gasteiger partial charge on any atom is -0.303 e. The number of hydrogen-bond donors (Lipinski definition) is 0. The van der Waals surface area contributed by atoms with Gasteiger partial charge in [0.15, 0.2) is 0 Å². The molecule has 3 heteroatoms. The van der Waals surface area contributed by atoms with Crippen LogP contribution in [0.5, 0.6) is 0 Å². The molecule has 15 heavy (non-hydrogen) atoms. The Labute approximate surface area is 97.8 Å². The maximum absolute atomic E-state index is 11.6. The first-order valence-electron chi connectivity index (χ1n) is 6.14. The highest BCUT2D eigenvalue weighted by atomic mass is 32.2. The molecule has 0 aliphatic heterocycles. The fraction of sp³-hybridized carbons (Fsp3) is 0.917. The first-order chi connectivity index (χ1) is 7.27. The lowest BCUT2D eigenvalue weighted by Crippen LogP contribution is -2.28. The molecule has 1 atom stereocenters. The molecule has 1 aliphatic rings. The van der Waals surface area contributed by atoms with Gasteiger partial charge in [-0.15, -0.1) is 11.8 Å². The highest BCUT2D eigenvalue weighted by Gasteiger charge is 2.22. The molecule has 1 unspecified atom stereocenters. The normalized spacial score (nSPS) is 22.3. The van der Waals surface area contributed by atoms with Gasteiger partial charge in [0.05, 0.1) is 5.25 Å². The lowest BCUT2D eigenvalue weighted by Gasteiger charge is -2.22. The third-order valence-electron chi connectivity index (χ3n) is 3.12. The number of thioether (sulfide) groups is 1. The Hall–Kier alpha value is -0.0200. The third-order valence-corrected chi connectivity index (χ3v) is 4.44. The smallest absolute Gasteiger partial charge is 0.145 e. The molecule has 0 amide bonds. The SMILES string of the molecule is CCN(CC)CCSC1CCCCC1=O. The summed E-state index contributed by atoms with van der Waals surface area (Å²) in [6.45, 7) is 7.76. The van der Waals surface area contributed by atoms with Crippen molar-refractivity contribution in [2.24, 2.45) is 0 Å². The number of rotatable bonds is 6. The van der Waals surface area contributed by atoms with Gasteiger partial charge in [-0.3, -0.25) is 4.79 Å². The monoisotopic (exact) mass is 229 g/mol. The molecule has 0 aromatic heterocycles. The van der Waals surface area contributed by atoms with Crippen LogP contribution in [0.2, 0.25) is 0 Å². The highest BCUT2D eigenvalue weighted by Crippen LogP contribution is 2.25. The quantitative estimate of drug-likeness (QED) is 0.698. The van der Waals surface area contributed by atoms with E-state index in [0.29, 0.717) is 11.0 Å². The van der Waals surface area contributed by atoms with E-state index in [1.807, 2.05) is 11.8 Å². The molecule has 1 rings (SSSR count).